The molecule has 2 aliphatic rings. The van der Waals surface area contributed by atoms with Gasteiger partial charge in [0.05, 0.1) is 28.8 Å². The molecule has 33 heavy (non-hydrogen) atoms. The summed E-state index contributed by atoms with van der Waals surface area (Å²) in [5.74, 6) is 0.268. The molecule has 172 valence electrons. The summed E-state index contributed by atoms with van der Waals surface area (Å²) in [6.07, 6.45) is 0.164. The van der Waals surface area contributed by atoms with Gasteiger partial charge in [0.25, 0.3) is 5.91 Å². The van der Waals surface area contributed by atoms with Crippen LogP contribution in [0.4, 0.5) is 5.69 Å². The lowest BCUT2D eigenvalue weighted by Crippen LogP contribution is -2.42. The molecule has 2 unspecified atom stereocenters. The lowest BCUT2D eigenvalue weighted by Gasteiger charge is -2.38. The third kappa shape index (κ3) is 3.93. The molecule has 2 aromatic carbocycles. The van der Waals surface area contributed by atoms with Gasteiger partial charge in [0.1, 0.15) is 6.17 Å². The lowest BCUT2D eigenvalue weighted by molar-refractivity contribution is 0.0665. The number of benzene rings is 2. The Morgan fingerprint density at radius 1 is 1.06 bits per heavy atom. The van der Waals surface area contributed by atoms with Gasteiger partial charge in [0.2, 0.25) is 0 Å². The van der Waals surface area contributed by atoms with E-state index in [0.29, 0.717) is 18.5 Å². The van der Waals surface area contributed by atoms with Gasteiger partial charge in [-0.15, -0.1) is 0 Å². The Labute approximate surface area is 194 Å². The van der Waals surface area contributed by atoms with Crippen LogP contribution in [0.5, 0.6) is 0 Å². The second-order valence-electron chi connectivity index (χ2n) is 9.10. The summed E-state index contributed by atoms with van der Waals surface area (Å²) in [5, 5.41) is 8.30. The number of fused-ring (bicyclic) bond motifs is 1. The molecule has 3 heterocycles. The van der Waals surface area contributed by atoms with Crippen molar-refractivity contribution in [3.05, 3.63) is 82.2 Å². The molecule has 1 saturated heterocycles. The van der Waals surface area contributed by atoms with E-state index in [9.17, 15) is 13.2 Å². The fourth-order valence-corrected chi connectivity index (χ4v) is 6.66. The molecule has 1 aromatic heterocycles. The highest BCUT2D eigenvalue weighted by molar-refractivity contribution is 7.91. The number of rotatable bonds is 4. The summed E-state index contributed by atoms with van der Waals surface area (Å²) < 4.78 is 26.0. The van der Waals surface area contributed by atoms with Crippen molar-refractivity contribution in [1.29, 1.82) is 0 Å². The monoisotopic (exact) mass is 464 g/mol. The Hall–Kier alpha value is -3.13. The SMILES string of the molecule is Cc1ccc(CN2C(=O)c3ccccc3NC2c2c(C)nn(C3CCS(=O)(=O)C3)c2C)cc1. The van der Waals surface area contributed by atoms with Crippen molar-refractivity contribution >= 4 is 21.4 Å². The van der Waals surface area contributed by atoms with Crippen LogP contribution in [0.3, 0.4) is 0 Å². The van der Waals surface area contributed by atoms with Crippen LogP contribution < -0.4 is 5.32 Å². The normalized spacial score (nSPS) is 21.7. The second kappa shape index (κ2) is 8.02. The Bertz CT molecular complexity index is 1330. The van der Waals surface area contributed by atoms with Crippen LogP contribution in [0, 0.1) is 20.8 Å². The zero-order chi connectivity index (χ0) is 23.3. The standard InChI is InChI=1S/C25H28N4O3S/c1-16-8-10-19(11-9-16)14-28-24(26-22-7-5-4-6-21(22)25(28)30)23-17(2)27-29(18(23)3)20-12-13-33(31,32)15-20/h4-11,20,24,26H,12-15H2,1-3H3. The van der Waals surface area contributed by atoms with Gasteiger partial charge in [-0.1, -0.05) is 42.0 Å². The van der Waals surface area contributed by atoms with E-state index in [4.69, 9.17) is 5.10 Å². The van der Waals surface area contributed by atoms with Gasteiger partial charge < -0.3 is 10.2 Å². The number of nitrogens with zero attached hydrogens (tertiary/aromatic N) is 3. The van der Waals surface area contributed by atoms with Gasteiger partial charge in [-0.2, -0.15) is 5.10 Å². The number of carbonyl (C=O) groups excluding carboxylic acids is 1. The number of aryl methyl sites for hydroxylation is 2. The molecule has 2 atom stereocenters. The molecular formula is C25H28N4O3S. The third-order valence-electron chi connectivity index (χ3n) is 6.70. The molecule has 1 N–H and O–H groups in total. The van der Waals surface area contributed by atoms with Gasteiger partial charge in [0, 0.05) is 23.5 Å². The van der Waals surface area contributed by atoms with Crippen LogP contribution in [0.15, 0.2) is 48.5 Å². The molecule has 8 heteroatoms. The van der Waals surface area contributed by atoms with Gasteiger partial charge in [0.15, 0.2) is 9.84 Å². The number of nitrogens with one attached hydrogen (secondary N) is 1. The molecule has 5 rings (SSSR count). The van der Waals surface area contributed by atoms with Crippen molar-refractivity contribution in [3.8, 4) is 0 Å². The molecule has 1 amide bonds. The van der Waals surface area contributed by atoms with Crippen molar-refractivity contribution < 1.29 is 13.2 Å². The topological polar surface area (TPSA) is 84.3 Å². The smallest absolute Gasteiger partial charge is 0.258 e. The van der Waals surface area contributed by atoms with Crippen LogP contribution >= 0.6 is 0 Å². The van der Waals surface area contributed by atoms with Crippen LogP contribution in [-0.4, -0.2) is 40.5 Å². The van der Waals surface area contributed by atoms with Crippen molar-refractivity contribution in [1.82, 2.24) is 14.7 Å². The van der Waals surface area contributed by atoms with E-state index < -0.39 is 16.0 Å². The fraction of sp³-hybridized carbons (Fsp3) is 0.360. The van der Waals surface area contributed by atoms with E-state index in [1.807, 2.05) is 66.8 Å². The van der Waals surface area contributed by atoms with E-state index in [1.54, 1.807) is 0 Å². The minimum absolute atomic E-state index is 0.0371. The maximum Gasteiger partial charge on any atom is 0.258 e. The third-order valence-corrected chi connectivity index (χ3v) is 8.45. The van der Waals surface area contributed by atoms with Crippen LogP contribution in [-0.2, 0) is 16.4 Å². The van der Waals surface area contributed by atoms with Crippen molar-refractivity contribution in [2.24, 2.45) is 0 Å². The molecule has 0 spiro atoms. The number of sulfone groups is 1. The molecule has 0 saturated carbocycles. The zero-order valence-corrected chi connectivity index (χ0v) is 19.9. The largest absolute Gasteiger partial charge is 0.361 e. The van der Waals surface area contributed by atoms with Gasteiger partial charge in [-0.05, 0) is 44.9 Å². The summed E-state index contributed by atoms with van der Waals surface area (Å²) >= 11 is 0. The summed E-state index contributed by atoms with van der Waals surface area (Å²) in [7, 11) is -3.03. The van der Waals surface area contributed by atoms with E-state index >= 15 is 0 Å². The molecule has 1 fully saturated rings. The van der Waals surface area contributed by atoms with E-state index in [1.165, 1.54) is 5.56 Å². The number of hydrogen-bond donors (Lipinski definition) is 1. The maximum atomic E-state index is 13.6. The number of carbonyl (C=O) groups is 1. The van der Waals surface area contributed by atoms with Gasteiger partial charge >= 0.3 is 0 Å². The van der Waals surface area contributed by atoms with Crippen molar-refractivity contribution in [2.75, 3.05) is 16.8 Å². The minimum atomic E-state index is -3.03. The number of para-hydroxylation sites is 1. The molecule has 2 aliphatic heterocycles. The van der Waals surface area contributed by atoms with Crippen LogP contribution in [0.25, 0.3) is 0 Å². The van der Waals surface area contributed by atoms with Gasteiger partial charge in [-0.25, -0.2) is 8.42 Å². The Balaban J connectivity index is 1.57. The summed E-state index contributed by atoms with van der Waals surface area (Å²) in [5.41, 5.74) is 6.28. The molecule has 7 nitrogen and oxygen atoms in total. The summed E-state index contributed by atoms with van der Waals surface area (Å²) in [6.45, 7) is 6.39. The molecule has 3 aromatic rings. The second-order valence-corrected chi connectivity index (χ2v) is 11.3. The maximum absolute atomic E-state index is 13.6. The number of hydrogen-bond acceptors (Lipinski definition) is 5. The molecular weight excluding hydrogens is 436 g/mol. The van der Waals surface area contributed by atoms with E-state index in [0.717, 1.165) is 28.2 Å². The number of amides is 1. The summed E-state index contributed by atoms with van der Waals surface area (Å²) in [4.78, 5) is 15.5. The Morgan fingerprint density at radius 3 is 2.48 bits per heavy atom. The summed E-state index contributed by atoms with van der Waals surface area (Å²) in [6, 6.07) is 15.6. The van der Waals surface area contributed by atoms with Crippen molar-refractivity contribution in [3.63, 3.8) is 0 Å². The first-order valence-corrected chi connectivity index (χ1v) is 13.0. The predicted molar refractivity (Wildman–Crippen MR) is 128 cm³/mol. The van der Waals surface area contributed by atoms with E-state index in [-0.39, 0.29) is 23.5 Å². The number of anilines is 1. The highest BCUT2D eigenvalue weighted by Crippen LogP contribution is 2.38. The number of aromatic nitrogens is 2. The Kier molecular flexibility index (Phi) is 5.28. The van der Waals surface area contributed by atoms with Crippen LogP contribution in [0.1, 0.15) is 57.1 Å². The van der Waals surface area contributed by atoms with Crippen LogP contribution in [0.2, 0.25) is 0 Å². The fourth-order valence-electron chi connectivity index (χ4n) is 4.97. The predicted octanol–water partition coefficient (Wildman–Crippen LogP) is 3.93. The van der Waals surface area contributed by atoms with E-state index in [2.05, 4.69) is 17.4 Å². The minimum Gasteiger partial charge on any atom is -0.361 e. The first-order valence-electron chi connectivity index (χ1n) is 11.2. The lowest BCUT2D eigenvalue weighted by atomic mass is 10.0. The first kappa shape index (κ1) is 21.7. The highest BCUT2D eigenvalue weighted by Gasteiger charge is 2.38. The average molecular weight is 465 g/mol. The average Bonchev–Trinajstić information content (AvgIpc) is 3.29. The van der Waals surface area contributed by atoms with Crippen molar-refractivity contribution in [2.45, 2.75) is 45.9 Å². The first-order chi connectivity index (χ1) is 15.7. The molecule has 0 radical (unpaired) electrons. The quantitative estimate of drug-likeness (QED) is 0.632. The highest BCUT2D eigenvalue weighted by atomic mass is 32.2. The molecule has 0 bridgehead atoms. The molecule has 0 aliphatic carbocycles. The zero-order valence-electron chi connectivity index (χ0n) is 19.1. The van der Waals surface area contributed by atoms with Gasteiger partial charge in [-0.3, -0.25) is 9.48 Å². The Morgan fingerprint density at radius 2 is 1.79 bits per heavy atom.